The fourth-order valence-electron chi connectivity index (χ4n) is 3.44. The molecule has 0 spiro atoms. The summed E-state index contributed by atoms with van der Waals surface area (Å²) in [6.45, 7) is 8.84. The number of hydrogen-bond acceptors (Lipinski definition) is 6. The van der Waals surface area contributed by atoms with Crippen LogP contribution in [-0.2, 0) is 17.7 Å². The molecule has 2 aromatic heterocycles. The smallest absolute Gasteiger partial charge is 0.341 e. The van der Waals surface area contributed by atoms with Crippen LogP contribution in [-0.4, -0.2) is 46.8 Å². The average Bonchev–Trinajstić information content (AvgIpc) is 3.25. The van der Waals surface area contributed by atoms with Crippen LogP contribution in [0.1, 0.15) is 64.5 Å². The summed E-state index contributed by atoms with van der Waals surface area (Å²) in [4.78, 5) is 28.7. The third-order valence-corrected chi connectivity index (χ3v) is 5.82. The van der Waals surface area contributed by atoms with Crippen LogP contribution in [0.4, 0.5) is 5.00 Å². The van der Waals surface area contributed by atoms with Crippen molar-refractivity contribution in [3.05, 3.63) is 34.0 Å². The Morgan fingerprint density at radius 2 is 2.19 bits per heavy atom. The number of anilines is 1. The molecular weight excluding hydrogens is 364 g/mol. The first-order chi connectivity index (χ1) is 13.0. The van der Waals surface area contributed by atoms with E-state index < -0.39 is 5.97 Å². The third kappa shape index (κ3) is 3.91. The lowest BCUT2D eigenvalue weighted by Crippen LogP contribution is -2.30. The Hall–Kier alpha value is -2.19. The van der Waals surface area contributed by atoms with Gasteiger partial charge in [-0.1, -0.05) is 6.92 Å². The Kier molecular flexibility index (Phi) is 5.96. The van der Waals surface area contributed by atoms with E-state index in [1.165, 1.54) is 18.4 Å². The fraction of sp³-hybridized carbons (Fsp3) is 0.526. The predicted molar refractivity (Wildman–Crippen MR) is 105 cm³/mol. The first-order valence-corrected chi connectivity index (χ1v) is 10.1. The number of fused-ring (bicyclic) bond motifs is 1. The minimum absolute atomic E-state index is 0.0694. The van der Waals surface area contributed by atoms with Gasteiger partial charge in [-0.05, 0) is 44.9 Å². The molecule has 0 atom stereocenters. The summed E-state index contributed by atoms with van der Waals surface area (Å²) in [6.07, 6.45) is 3.49. The van der Waals surface area contributed by atoms with Crippen molar-refractivity contribution in [1.29, 1.82) is 0 Å². The lowest BCUT2D eigenvalue weighted by atomic mass is 10.0. The summed E-state index contributed by atoms with van der Waals surface area (Å²) in [5, 5.41) is 7.70. The number of amides is 1. The quantitative estimate of drug-likeness (QED) is 0.766. The highest BCUT2D eigenvalue weighted by Crippen LogP contribution is 2.38. The lowest BCUT2D eigenvalue weighted by Gasteiger charge is -2.26. The van der Waals surface area contributed by atoms with E-state index in [2.05, 4.69) is 22.2 Å². The average molecular weight is 391 g/mol. The Balaban J connectivity index is 1.92. The lowest BCUT2D eigenvalue weighted by molar-refractivity contribution is 0.0600. The van der Waals surface area contributed by atoms with E-state index in [1.54, 1.807) is 16.9 Å². The number of nitrogens with one attached hydrogen (secondary N) is 1. The first-order valence-electron chi connectivity index (χ1n) is 9.26. The Labute approximate surface area is 163 Å². The van der Waals surface area contributed by atoms with Gasteiger partial charge in [-0.15, -0.1) is 11.3 Å². The van der Waals surface area contributed by atoms with Gasteiger partial charge >= 0.3 is 5.97 Å². The van der Waals surface area contributed by atoms with E-state index in [0.29, 0.717) is 16.3 Å². The zero-order valence-corrected chi connectivity index (χ0v) is 17.1. The summed E-state index contributed by atoms with van der Waals surface area (Å²) in [5.74, 6) is -0.667. The predicted octanol–water partition coefficient (Wildman–Crippen LogP) is 3.33. The largest absolute Gasteiger partial charge is 0.465 e. The third-order valence-electron chi connectivity index (χ3n) is 4.68. The number of methoxy groups -OCH3 is 1. The van der Waals surface area contributed by atoms with Gasteiger partial charge in [0.2, 0.25) is 0 Å². The molecule has 1 aliphatic heterocycles. The maximum absolute atomic E-state index is 12.8. The molecule has 7 nitrogen and oxygen atoms in total. The highest BCUT2D eigenvalue weighted by Gasteiger charge is 2.29. The molecule has 1 N–H and O–H groups in total. The Bertz CT molecular complexity index is 840. The minimum Gasteiger partial charge on any atom is -0.465 e. The maximum atomic E-state index is 12.8. The molecule has 1 aliphatic rings. The topological polar surface area (TPSA) is 76.5 Å². The van der Waals surface area contributed by atoms with Crippen LogP contribution >= 0.6 is 11.3 Å². The zero-order chi connectivity index (χ0) is 19.6. The van der Waals surface area contributed by atoms with E-state index in [4.69, 9.17) is 4.74 Å². The molecular formula is C19H26N4O3S. The fourth-order valence-corrected chi connectivity index (χ4v) is 4.72. The van der Waals surface area contributed by atoms with Crippen molar-refractivity contribution in [2.75, 3.05) is 25.5 Å². The van der Waals surface area contributed by atoms with Crippen LogP contribution in [0.2, 0.25) is 0 Å². The Morgan fingerprint density at radius 1 is 1.41 bits per heavy atom. The summed E-state index contributed by atoms with van der Waals surface area (Å²) in [6, 6.07) is 1.75. The second kappa shape index (κ2) is 8.22. The summed E-state index contributed by atoms with van der Waals surface area (Å²) < 4.78 is 6.67. The van der Waals surface area contributed by atoms with Crippen molar-refractivity contribution in [3.63, 3.8) is 0 Å². The van der Waals surface area contributed by atoms with Crippen molar-refractivity contribution in [2.45, 2.75) is 46.2 Å². The number of nitrogens with zero attached hydrogens (tertiary/aromatic N) is 3. The van der Waals surface area contributed by atoms with Crippen molar-refractivity contribution >= 4 is 28.2 Å². The van der Waals surface area contributed by atoms with E-state index in [1.807, 2.05) is 13.8 Å². The summed E-state index contributed by atoms with van der Waals surface area (Å²) in [5.41, 5.74) is 1.98. The van der Waals surface area contributed by atoms with Crippen molar-refractivity contribution in [1.82, 2.24) is 14.7 Å². The minimum atomic E-state index is -0.399. The Morgan fingerprint density at radius 3 is 2.85 bits per heavy atom. The number of rotatable bonds is 6. The standard InChI is InChI=1S/C19H26N4O3S/c1-5-9-22-10-7-13-15(11-22)27-18(16(13)19(25)26-4)21-17(24)14-6-8-20-23(14)12(2)3/h6,8,12H,5,7,9-11H2,1-4H3,(H,21,24). The number of carbonyl (C=O) groups is 2. The molecule has 8 heteroatoms. The van der Waals surface area contributed by atoms with E-state index in [0.717, 1.165) is 42.9 Å². The van der Waals surface area contributed by atoms with Crippen molar-refractivity contribution in [2.24, 2.45) is 0 Å². The molecule has 1 amide bonds. The van der Waals surface area contributed by atoms with Crippen molar-refractivity contribution < 1.29 is 14.3 Å². The van der Waals surface area contributed by atoms with Gasteiger partial charge in [0.1, 0.15) is 10.7 Å². The number of esters is 1. The number of hydrogen-bond donors (Lipinski definition) is 1. The molecule has 3 rings (SSSR count). The summed E-state index contributed by atoms with van der Waals surface area (Å²) >= 11 is 1.47. The molecule has 0 saturated carbocycles. The van der Waals surface area contributed by atoms with Crippen LogP contribution in [0.25, 0.3) is 0 Å². The summed E-state index contributed by atoms with van der Waals surface area (Å²) in [7, 11) is 1.37. The molecule has 2 aromatic rings. The molecule has 0 bridgehead atoms. The monoisotopic (exact) mass is 390 g/mol. The second-order valence-corrected chi connectivity index (χ2v) is 8.04. The second-order valence-electron chi connectivity index (χ2n) is 6.93. The van der Waals surface area contributed by atoms with Crippen LogP contribution in [0, 0.1) is 0 Å². The van der Waals surface area contributed by atoms with Gasteiger partial charge in [0, 0.05) is 30.2 Å². The molecule has 27 heavy (non-hydrogen) atoms. The highest BCUT2D eigenvalue weighted by molar-refractivity contribution is 7.17. The molecule has 146 valence electrons. The van der Waals surface area contributed by atoms with Crippen LogP contribution in [0.15, 0.2) is 12.3 Å². The highest BCUT2D eigenvalue weighted by atomic mass is 32.1. The van der Waals surface area contributed by atoms with Crippen LogP contribution in [0.3, 0.4) is 0 Å². The van der Waals surface area contributed by atoms with Crippen molar-refractivity contribution in [3.8, 4) is 0 Å². The van der Waals surface area contributed by atoms with Crippen LogP contribution < -0.4 is 5.32 Å². The SMILES string of the molecule is CCCN1CCc2c(sc(NC(=O)c3ccnn3C(C)C)c2C(=O)OC)C1. The van der Waals surface area contributed by atoms with Gasteiger partial charge in [-0.2, -0.15) is 5.10 Å². The van der Waals surface area contributed by atoms with Crippen LogP contribution in [0.5, 0.6) is 0 Å². The first kappa shape index (κ1) is 19.6. The number of carbonyl (C=O) groups excluding carboxylic acids is 2. The number of ether oxygens (including phenoxy) is 1. The molecule has 0 fully saturated rings. The molecule has 0 saturated heterocycles. The van der Waals surface area contributed by atoms with E-state index >= 15 is 0 Å². The van der Waals surface area contributed by atoms with Gasteiger partial charge < -0.3 is 10.1 Å². The maximum Gasteiger partial charge on any atom is 0.341 e. The zero-order valence-electron chi connectivity index (χ0n) is 16.2. The van der Waals surface area contributed by atoms with Gasteiger partial charge in [-0.3, -0.25) is 14.4 Å². The molecule has 0 unspecified atom stereocenters. The normalized spacial score (nSPS) is 14.3. The van der Waals surface area contributed by atoms with E-state index in [9.17, 15) is 9.59 Å². The number of thiophene rings is 1. The van der Waals surface area contributed by atoms with Gasteiger partial charge in [-0.25, -0.2) is 4.79 Å². The van der Waals surface area contributed by atoms with E-state index in [-0.39, 0.29) is 11.9 Å². The van der Waals surface area contributed by atoms with Gasteiger partial charge in [0.15, 0.2) is 0 Å². The molecule has 3 heterocycles. The number of aromatic nitrogens is 2. The molecule has 0 aliphatic carbocycles. The van der Waals surface area contributed by atoms with Gasteiger partial charge in [0.25, 0.3) is 5.91 Å². The molecule has 0 radical (unpaired) electrons. The molecule has 0 aromatic carbocycles. The van der Waals surface area contributed by atoms with Gasteiger partial charge in [0.05, 0.1) is 12.7 Å².